The molecule has 0 spiro atoms. The predicted molar refractivity (Wildman–Crippen MR) is 140 cm³/mol. The number of Topliss-reactive ketones (excluding diaryl/α,β-unsaturated/α-hetero) is 1. The van der Waals surface area contributed by atoms with E-state index in [0.717, 1.165) is 33.6 Å². The quantitative estimate of drug-likeness (QED) is 0.294. The van der Waals surface area contributed by atoms with Gasteiger partial charge in [-0.1, -0.05) is 36.4 Å². The van der Waals surface area contributed by atoms with E-state index >= 15 is 0 Å². The fourth-order valence-electron chi connectivity index (χ4n) is 4.64. The van der Waals surface area contributed by atoms with Gasteiger partial charge in [-0.05, 0) is 56.5 Å². The molecule has 2 aromatic heterocycles. The predicted octanol–water partition coefficient (Wildman–Crippen LogP) is 5.68. The number of hydrogen-bond acceptors (Lipinski definition) is 4. The molecule has 0 atom stereocenters. The summed E-state index contributed by atoms with van der Waals surface area (Å²) in [6.45, 7) is 14.6. The fraction of sp³-hybridized carbons (Fsp3) is 0.385. The van der Waals surface area contributed by atoms with Crippen LogP contribution in [0.5, 0.6) is 0 Å². The zero-order valence-corrected chi connectivity index (χ0v) is 21.7. The van der Waals surface area contributed by atoms with E-state index in [0.29, 0.717) is 43.1 Å². The van der Waals surface area contributed by atoms with Crippen LogP contribution in [0, 0.1) is 5.92 Å². The van der Waals surface area contributed by atoms with Crippen molar-refractivity contribution in [3.63, 3.8) is 0 Å². The molecule has 4 rings (SSSR count). The highest BCUT2D eigenvalue weighted by molar-refractivity contribution is 6.33. The van der Waals surface area contributed by atoms with Crippen molar-refractivity contribution in [2.75, 3.05) is 13.1 Å². The number of benzene rings is 1. The van der Waals surface area contributed by atoms with Crippen LogP contribution in [0.3, 0.4) is 0 Å². The second kappa shape index (κ2) is 9.99. The lowest BCUT2D eigenvalue weighted by Crippen LogP contribution is -2.50. The molecule has 1 aliphatic heterocycles. The molecule has 1 saturated heterocycles. The Bertz CT molecular complexity index is 1330. The van der Waals surface area contributed by atoms with Crippen molar-refractivity contribution >= 4 is 51.4 Å². The number of amides is 1. The number of likely N-dealkylation sites (tertiary alicyclic amines) is 1. The number of imidazole rings is 1. The molecule has 0 unspecified atom stereocenters. The molecule has 1 amide bonds. The molecule has 3 heterocycles. The standard InChI is InChI=1S/C26H29Cl2N5O2/c1-6-24(35)32-12-16(13-32)9-22(34)25-26(28)29-23(33(25)15(4)5)8-7-20-18-10-17(14(2)3)19(27)11-21(18)31-30-20/h6,10-11,15-16H,1-2,7-9,12-13H2,3-5H3,(H,30,31). The summed E-state index contributed by atoms with van der Waals surface area (Å²) in [6, 6.07) is 3.86. The van der Waals surface area contributed by atoms with Crippen LogP contribution in [0.2, 0.25) is 10.2 Å². The average Bonchev–Trinajstić information content (AvgIpc) is 3.32. The van der Waals surface area contributed by atoms with E-state index in [-0.39, 0.29) is 28.8 Å². The number of carbonyl (C=O) groups is 2. The van der Waals surface area contributed by atoms with Gasteiger partial charge in [-0.2, -0.15) is 5.10 Å². The third-order valence-electron chi connectivity index (χ3n) is 6.42. The molecule has 184 valence electrons. The summed E-state index contributed by atoms with van der Waals surface area (Å²) in [4.78, 5) is 31.1. The summed E-state index contributed by atoms with van der Waals surface area (Å²) in [5.41, 5.74) is 3.98. The Morgan fingerprint density at radius 2 is 1.97 bits per heavy atom. The maximum absolute atomic E-state index is 13.2. The first kappa shape index (κ1) is 25.2. The number of hydrogen-bond donors (Lipinski definition) is 1. The van der Waals surface area contributed by atoms with Crippen molar-refractivity contribution < 1.29 is 9.59 Å². The molecular formula is C26H29Cl2N5O2. The summed E-state index contributed by atoms with van der Waals surface area (Å²) in [5, 5.41) is 9.34. The normalized spacial score (nSPS) is 13.9. The number of rotatable bonds is 9. The van der Waals surface area contributed by atoms with Gasteiger partial charge in [0.25, 0.3) is 0 Å². The SMILES string of the molecule is C=CC(=O)N1CC(CC(=O)c2c(Cl)nc(CCc3[nH]nc4cc(Cl)c(C(=C)C)cc34)n2C(C)C)C1. The summed E-state index contributed by atoms with van der Waals surface area (Å²) >= 11 is 12.9. The summed E-state index contributed by atoms with van der Waals surface area (Å²) < 4.78 is 1.94. The van der Waals surface area contributed by atoms with Crippen LogP contribution >= 0.6 is 23.2 Å². The van der Waals surface area contributed by atoms with Crippen LogP contribution in [0.25, 0.3) is 16.5 Å². The van der Waals surface area contributed by atoms with Crippen LogP contribution in [-0.2, 0) is 17.6 Å². The van der Waals surface area contributed by atoms with Crippen LogP contribution in [0.15, 0.2) is 31.4 Å². The maximum Gasteiger partial charge on any atom is 0.245 e. The zero-order chi connectivity index (χ0) is 25.4. The third-order valence-corrected chi connectivity index (χ3v) is 7.00. The molecule has 0 bridgehead atoms. The number of ketones is 1. The van der Waals surface area contributed by atoms with Gasteiger partial charge in [0.15, 0.2) is 10.9 Å². The van der Waals surface area contributed by atoms with Crippen molar-refractivity contribution in [2.24, 2.45) is 5.92 Å². The average molecular weight is 514 g/mol. The summed E-state index contributed by atoms with van der Waals surface area (Å²) in [7, 11) is 0. The van der Waals surface area contributed by atoms with Crippen molar-refractivity contribution in [2.45, 2.75) is 46.1 Å². The lowest BCUT2D eigenvalue weighted by Gasteiger charge is -2.38. The van der Waals surface area contributed by atoms with E-state index in [1.165, 1.54) is 6.08 Å². The number of halogens is 2. The van der Waals surface area contributed by atoms with E-state index < -0.39 is 0 Å². The highest BCUT2D eigenvalue weighted by Crippen LogP contribution is 2.31. The van der Waals surface area contributed by atoms with E-state index in [1.54, 1.807) is 4.90 Å². The number of fused-ring (bicyclic) bond motifs is 1. The van der Waals surface area contributed by atoms with Gasteiger partial charge in [0, 0.05) is 49.0 Å². The molecule has 1 fully saturated rings. The zero-order valence-electron chi connectivity index (χ0n) is 20.2. The van der Waals surface area contributed by atoms with Crippen molar-refractivity contribution in [3.05, 3.63) is 64.3 Å². The molecule has 35 heavy (non-hydrogen) atoms. The van der Waals surface area contributed by atoms with Gasteiger partial charge in [-0.3, -0.25) is 14.7 Å². The van der Waals surface area contributed by atoms with Gasteiger partial charge in [-0.15, -0.1) is 0 Å². The molecule has 1 aliphatic rings. The topological polar surface area (TPSA) is 83.9 Å². The lowest BCUT2D eigenvalue weighted by molar-refractivity contribution is -0.132. The minimum Gasteiger partial charge on any atom is -0.338 e. The Labute approximate surface area is 214 Å². The molecule has 0 aliphatic carbocycles. The van der Waals surface area contributed by atoms with E-state index in [2.05, 4.69) is 28.3 Å². The van der Waals surface area contributed by atoms with Gasteiger partial charge >= 0.3 is 0 Å². The van der Waals surface area contributed by atoms with Crippen LogP contribution < -0.4 is 0 Å². The molecule has 0 saturated carbocycles. The second-order valence-electron chi connectivity index (χ2n) is 9.40. The number of allylic oxidation sites excluding steroid dienone is 1. The Hall–Kier alpha value is -2.90. The molecule has 3 aromatic rings. The molecule has 1 N–H and O–H groups in total. The number of nitrogens with zero attached hydrogens (tertiary/aromatic N) is 4. The third kappa shape index (κ3) is 4.93. The highest BCUT2D eigenvalue weighted by Gasteiger charge is 2.33. The molecule has 1 aromatic carbocycles. The van der Waals surface area contributed by atoms with Crippen LogP contribution in [0.4, 0.5) is 0 Å². The van der Waals surface area contributed by atoms with Crippen molar-refractivity contribution in [1.82, 2.24) is 24.6 Å². The molecular weight excluding hydrogens is 485 g/mol. The first-order valence-electron chi connectivity index (χ1n) is 11.6. The first-order valence-corrected chi connectivity index (χ1v) is 12.4. The van der Waals surface area contributed by atoms with E-state index in [4.69, 9.17) is 23.2 Å². The smallest absolute Gasteiger partial charge is 0.245 e. The van der Waals surface area contributed by atoms with Gasteiger partial charge in [0.2, 0.25) is 5.91 Å². The maximum atomic E-state index is 13.2. The van der Waals surface area contributed by atoms with Gasteiger partial charge < -0.3 is 9.47 Å². The van der Waals surface area contributed by atoms with E-state index in [1.807, 2.05) is 37.5 Å². The Morgan fingerprint density at radius 1 is 1.26 bits per heavy atom. The number of aryl methyl sites for hydroxylation is 2. The largest absolute Gasteiger partial charge is 0.338 e. The van der Waals surface area contributed by atoms with Gasteiger partial charge in [0.05, 0.1) is 10.5 Å². The highest BCUT2D eigenvalue weighted by atomic mass is 35.5. The monoisotopic (exact) mass is 513 g/mol. The molecule has 7 nitrogen and oxygen atoms in total. The Morgan fingerprint density at radius 3 is 2.60 bits per heavy atom. The summed E-state index contributed by atoms with van der Waals surface area (Å²) in [6.07, 6.45) is 2.85. The minimum absolute atomic E-state index is 0.0107. The number of nitrogens with one attached hydrogen (secondary N) is 1. The van der Waals surface area contributed by atoms with Gasteiger partial charge in [-0.25, -0.2) is 4.98 Å². The van der Waals surface area contributed by atoms with Crippen LogP contribution in [-0.4, -0.2) is 49.4 Å². The Balaban J connectivity index is 1.53. The van der Waals surface area contributed by atoms with Crippen molar-refractivity contribution in [1.29, 1.82) is 0 Å². The molecule has 0 radical (unpaired) electrons. The Kier molecular flexibility index (Phi) is 7.20. The van der Waals surface area contributed by atoms with Gasteiger partial charge in [0.1, 0.15) is 11.5 Å². The number of H-pyrrole nitrogens is 1. The fourth-order valence-corrected chi connectivity index (χ4v) is 5.25. The van der Waals surface area contributed by atoms with Crippen molar-refractivity contribution in [3.8, 4) is 0 Å². The lowest BCUT2D eigenvalue weighted by atomic mass is 9.93. The number of carbonyl (C=O) groups excluding carboxylic acids is 2. The number of aromatic amines is 1. The second-order valence-corrected chi connectivity index (χ2v) is 10.2. The first-order chi connectivity index (χ1) is 16.6. The number of aromatic nitrogens is 4. The molecule has 9 heteroatoms. The van der Waals surface area contributed by atoms with Crippen LogP contribution in [0.1, 0.15) is 60.8 Å². The van der Waals surface area contributed by atoms with E-state index in [9.17, 15) is 9.59 Å². The minimum atomic E-state index is -0.106. The summed E-state index contributed by atoms with van der Waals surface area (Å²) in [5.74, 6) is 0.713.